The summed E-state index contributed by atoms with van der Waals surface area (Å²) in [6, 6.07) is 6.24. The maximum absolute atomic E-state index is 13.0. The molecule has 2 atom stereocenters. The summed E-state index contributed by atoms with van der Waals surface area (Å²) in [6.07, 6.45) is 0.948. The summed E-state index contributed by atoms with van der Waals surface area (Å²) in [7, 11) is 0. The number of carbonyl (C=O) groups excluding carboxylic acids is 1. The number of aliphatic hydroxyl groups excluding tert-OH is 1. The molecule has 1 aliphatic heterocycles. The van der Waals surface area contributed by atoms with Crippen LogP contribution in [-0.4, -0.2) is 53.6 Å². The maximum atomic E-state index is 13.0. The van der Waals surface area contributed by atoms with E-state index in [1.165, 1.54) is 12.1 Å². The molecule has 2 rings (SSSR count). The largest absolute Gasteiger partial charge is 0.396 e. The fourth-order valence-corrected chi connectivity index (χ4v) is 3.08. The first-order valence-corrected chi connectivity index (χ1v) is 7.93. The zero-order chi connectivity index (χ0) is 16.1. The molecule has 122 valence electrons. The molecular weight excluding hydrogens is 283 g/mol. The van der Waals surface area contributed by atoms with Crippen molar-refractivity contribution in [3.05, 3.63) is 35.6 Å². The Bertz CT molecular complexity index is 492. The zero-order valence-corrected chi connectivity index (χ0v) is 13.3. The van der Waals surface area contributed by atoms with Crippen molar-refractivity contribution in [2.75, 3.05) is 32.8 Å². The molecule has 1 fully saturated rings. The second-order valence-electron chi connectivity index (χ2n) is 5.98. The first-order chi connectivity index (χ1) is 10.5. The number of amides is 1. The van der Waals surface area contributed by atoms with Crippen LogP contribution in [0.4, 0.5) is 4.39 Å². The highest BCUT2D eigenvalue weighted by atomic mass is 19.1. The lowest BCUT2D eigenvalue weighted by Gasteiger charge is -2.30. The number of rotatable bonds is 6. The minimum Gasteiger partial charge on any atom is -0.396 e. The highest BCUT2D eigenvalue weighted by molar-refractivity contribution is 5.78. The van der Waals surface area contributed by atoms with Crippen LogP contribution in [0.15, 0.2) is 24.3 Å². The summed E-state index contributed by atoms with van der Waals surface area (Å²) >= 11 is 0. The number of hydrogen-bond acceptors (Lipinski definition) is 3. The molecule has 0 spiro atoms. The van der Waals surface area contributed by atoms with Crippen molar-refractivity contribution in [3.63, 3.8) is 0 Å². The average Bonchev–Trinajstić information content (AvgIpc) is 2.96. The van der Waals surface area contributed by atoms with E-state index in [0.717, 1.165) is 25.1 Å². The minimum absolute atomic E-state index is 0.0747. The summed E-state index contributed by atoms with van der Waals surface area (Å²) in [5.74, 6) is 0.104. The number of aliphatic hydroxyl groups is 1. The quantitative estimate of drug-likeness (QED) is 0.875. The highest BCUT2D eigenvalue weighted by Crippen LogP contribution is 2.22. The van der Waals surface area contributed by atoms with Crippen LogP contribution in [0.3, 0.4) is 0 Å². The van der Waals surface area contributed by atoms with Crippen molar-refractivity contribution < 1.29 is 14.3 Å². The topological polar surface area (TPSA) is 43.8 Å². The number of carbonyl (C=O) groups is 1. The molecule has 1 heterocycles. The van der Waals surface area contributed by atoms with E-state index >= 15 is 0 Å². The fourth-order valence-electron chi connectivity index (χ4n) is 3.08. The number of likely N-dealkylation sites (N-methyl/N-ethyl adjacent to an activating group) is 1. The van der Waals surface area contributed by atoms with Gasteiger partial charge in [-0.05, 0) is 50.4 Å². The van der Waals surface area contributed by atoms with Crippen LogP contribution in [0.2, 0.25) is 0 Å². The van der Waals surface area contributed by atoms with Crippen LogP contribution in [0.25, 0.3) is 0 Å². The summed E-state index contributed by atoms with van der Waals surface area (Å²) in [6.45, 7) is 6.76. The Hall–Kier alpha value is -1.46. The number of likely N-dealkylation sites (tertiary alicyclic amines) is 1. The summed E-state index contributed by atoms with van der Waals surface area (Å²) in [4.78, 5) is 16.5. The van der Waals surface area contributed by atoms with E-state index < -0.39 is 0 Å². The SMILES string of the molecule is CCN(C(=O)CN1CC[C@@H](CO)C1)[C@@H](C)c1ccc(F)cc1. The van der Waals surface area contributed by atoms with Crippen LogP contribution < -0.4 is 0 Å². The standard InChI is InChI=1S/C17H25FN2O2/c1-3-20(13(2)15-4-6-16(18)7-5-15)17(22)11-19-9-8-14(10-19)12-21/h4-7,13-14,21H,3,8-12H2,1-2H3/t13-,14+/m0/s1. The first kappa shape index (κ1) is 16.9. The smallest absolute Gasteiger partial charge is 0.237 e. The molecule has 0 aliphatic carbocycles. The van der Waals surface area contributed by atoms with Gasteiger partial charge in [-0.1, -0.05) is 12.1 Å². The van der Waals surface area contributed by atoms with E-state index in [1.54, 1.807) is 12.1 Å². The van der Waals surface area contributed by atoms with Gasteiger partial charge in [0.15, 0.2) is 0 Å². The van der Waals surface area contributed by atoms with Crippen LogP contribution >= 0.6 is 0 Å². The normalized spacial score (nSPS) is 20.1. The molecule has 0 bridgehead atoms. The van der Waals surface area contributed by atoms with E-state index in [2.05, 4.69) is 4.90 Å². The van der Waals surface area contributed by atoms with E-state index in [1.807, 2.05) is 18.7 Å². The molecule has 0 aromatic heterocycles. The highest BCUT2D eigenvalue weighted by Gasteiger charge is 2.26. The fraction of sp³-hybridized carbons (Fsp3) is 0.588. The molecule has 1 amide bonds. The summed E-state index contributed by atoms with van der Waals surface area (Å²) in [5, 5.41) is 9.18. The van der Waals surface area contributed by atoms with Crippen molar-refractivity contribution in [3.8, 4) is 0 Å². The Morgan fingerprint density at radius 3 is 2.68 bits per heavy atom. The average molecular weight is 308 g/mol. The lowest BCUT2D eigenvalue weighted by molar-refractivity contribution is -0.134. The van der Waals surface area contributed by atoms with Gasteiger partial charge in [0.1, 0.15) is 5.82 Å². The third kappa shape index (κ3) is 4.05. The lowest BCUT2D eigenvalue weighted by atomic mass is 10.1. The van der Waals surface area contributed by atoms with Gasteiger partial charge in [-0.25, -0.2) is 4.39 Å². The van der Waals surface area contributed by atoms with E-state index in [-0.39, 0.29) is 30.3 Å². The van der Waals surface area contributed by atoms with E-state index in [9.17, 15) is 14.3 Å². The van der Waals surface area contributed by atoms with Crippen LogP contribution in [0.1, 0.15) is 31.9 Å². The monoisotopic (exact) mass is 308 g/mol. The third-order valence-electron chi connectivity index (χ3n) is 4.47. The molecule has 22 heavy (non-hydrogen) atoms. The summed E-state index contributed by atoms with van der Waals surface area (Å²) < 4.78 is 13.0. The molecule has 1 saturated heterocycles. The molecule has 1 aromatic rings. The van der Waals surface area contributed by atoms with Gasteiger partial charge < -0.3 is 10.0 Å². The van der Waals surface area contributed by atoms with Crippen molar-refractivity contribution in [1.29, 1.82) is 0 Å². The van der Waals surface area contributed by atoms with Crippen LogP contribution in [-0.2, 0) is 4.79 Å². The molecule has 1 N–H and O–H groups in total. The van der Waals surface area contributed by atoms with Crippen molar-refractivity contribution in [1.82, 2.24) is 9.80 Å². The number of hydrogen-bond donors (Lipinski definition) is 1. The maximum Gasteiger partial charge on any atom is 0.237 e. The van der Waals surface area contributed by atoms with Gasteiger partial charge in [0.25, 0.3) is 0 Å². The Kier molecular flexibility index (Phi) is 5.91. The molecule has 0 unspecified atom stereocenters. The summed E-state index contributed by atoms with van der Waals surface area (Å²) in [5.41, 5.74) is 0.936. The Labute approximate surface area is 131 Å². The molecule has 0 saturated carbocycles. The van der Waals surface area contributed by atoms with Gasteiger partial charge in [0.2, 0.25) is 5.91 Å². The van der Waals surface area contributed by atoms with Gasteiger partial charge in [-0.15, -0.1) is 0 Å². The number of nitrogens with zero attached hydrogens (tertiary/aromatic N) is 2. The predicted octanol–water partition coefficient (Wildman–Crippen LogP) is 2.05. The number of halogens is 1. The molecule has 1 aromatic carbocycles. The molecule has 5 heteroatoms. The first-order valence-electron chi connectivity index (χ1n) is 7.93. The zero-order valence-electron chi connectivity index (χ0n) is 13.3. The van der Waals surface area contributed by atoms with Gasteiger partial charge in [-0.2, -0.15) is 0 Å². The Morgan fingerprint density at radius 2 is 2.14 bits per heavy atom. The molecule has 0 radical (unpaired) electrons. The Morgan fingerprint density at radius 1 is 1.45 bits per heavy atom. The molecule has 4 nitrogen and oxygen atoms in total. The van der Waals surface area contributed by atoms with Gasteiger partial charge >= 0.3 is 0 Å². The van der Waals surface area contributed by atoms with Crippen molar-refractivity contribution in [2.24, 2.45) is 5.92 Å². The Balaban J connectivity index is 1.98. The van der Waals surface area contributed by atoms with Crippen LogP contribution in [0, 0.1) is 11.7 Å². The van der Waals surface area contributed by atoms with Gasteiger partial charge in [0.05, 0.1) is 12.6 Å². The van der Waals surface area contributed by atoms with Gasteiger partial charge in [-0.3, -0.25) is 9.69 Å². The minimum atomic E-state index is -0.266. The van der Waals surface area contributed by atoms with Gasteiger partial charge in [0, 0.05) is 19.7 Å². The van der Waals surface area contributed by atoms with E-state index in [0.29, 0.717) is 13.1 Å². The molecular formula is C17H25FN2O2. The van der Waals surface area contributed by atoms with Crippen molar-refractivity contribution >= 4 is 5.91 Å². The van der Waals surface area contributed by atoms with Crippen molar-refractivity contribution in [2.45, 2.75) is 26.3 Å². The van der Waals surface area contributed by atoms with E-state index in [4.69, 9.17) is 0 Å². The lowest BCUT2D eigenvalue weighted by Crippen LogP contribution is -2.41. The second kappa shape index (κ2) is 7.70. The molecule has 1 aliphatic rings. The van der Waals surface area contributed by atoms with Crippen LogP contribution in [0.5, 0.6) is 0 Å². The second-order valence-corrected chi connectivity index (χ2v) is 5.98. The number of benzene rings is 1. The third-order valence-corrected chi connectivity index (χ3v) is 4.47. The predicted molar refractivity (Wildman–Crippen MR) is 83.8 cm³/mol.